The molecule has 0 bridgehead atoms. The number of ether oxygens (including phenoxy) is 1. The Morgan fingerprint density at radius 3 is 2.47 bits per heavy atom. The lowest BCUT2D eigenvalue weighted by atomic mass is 9.97. The van der Waals surface area contributed by atoms with E-state index in [0.717, 1.165) is 18.7 Å². The highest BCUT2D eigenvalue weighted by atomic mass is 16.5. The normalized spacial score (nSPS) is 12.5. The van der Waals surface area contributed by atoms with Crippen LogP contribution < -0.4 is 10.1 Å². The first kappa shape index (κ1) is 16.0. The van der Waals surface area contributed by atoms with E-state index in [1.54, 1.807) is 7.11 Å². The Labute approximate surface area is 118 Å². The molecule has 1 atom stereocenters. The number of methoxy groups -OCH3 is 1. The van der Waals surface area contributed by atoms with Crippen LogP contribution in [0.25, 0.3) is 0 Å². The second-order valence-electron chi connectivity index (χ2n) is 5.28. The van der Waals surface area contributed by atoms with Gasteiger partial charge in [0.1, 0.15) is 5.75 Å². The average Bonchev–Trinajstić information content (AvgIpc) is 2.40. The first-order valence-corrected chi connectivity index (χ1v) is 7.50. The Bertz CT molecular complexity index is 381. The molecule has 2 nitrogen and oxygen atoms in total. The van der Waals surface area contributed by atoms with E-state index in [-0.39, 0.29) is 0 Å². The molecular weight excluding hydrogens is 234 g/mol. The molecule has 0 fully saturated rings. The number of hydrogen-bond acceptors (Lipinski definition) is 2. The van der Waals surface area contributed by atoms with E-state index in [1.807, 2.05) is 0 Å². The zero-order chi connectivity index (χ0) is 14.3. The maximum atomic E-state index is 5.59. The summed E-state index contributed by atoms with van der Waals surface area (Å²) >= 11 is 0. The fourth-order valence-corrected chi connectivity index (χ4v) is 2.64. The van der Waals surface area contributed by atoms with Gasteiger partial charge in [0.2, 0.25) is 0 Å². The van der Waals surface area contributed by atoms with Crippen molar-refractivity contribution in [3.05, 3.63) is 28.8 Å². The number of hydrogen-bond donors (Lipinski definition) is 1. The molecule has 0 saturated carbocycles. The van der Waals surface area contributed by atoms with Crippen molar-refractivity contribution in [1.82, 2.24) is 5.32 Å². The summed E-state index contributed by atoms with van der Waals surface area (Å²) in [6, 6.07) is 5.05. The maximum Gasteiger partial charge on any atom is 0.125 e. The van der Waals surface area contributed by atoms with Gasteiger partial charge in [-0.25, -0.2) is 0 Å². The Kier molecular flexibility index (Phi) is 6.93. The molecule has 0 spiro atoms. The molecule has 1 rings (SSSR count). The largest absolute Gasteiger partial charge is 0.496 e. The molecule has 2 heteroatoms. The van der Waals surface area contributed by atoms with E-state index >= 15 is 0 Å². The molecule has 1 aromatic rings. The van der Waals surface area contributed by atoms with Crippen molar-refractivity contribution in [2.24, 2.45) is 0 Å². The van der Waals surface area contributed by atoms with Gasteiger partial charge in [-0.1, -0.05) is 32.4 Å². The van der Waals surface area contributed by atoms with Gasteiger partial charge in [0.15, 0.2) is 0 Å². The van der Waals surface area contributed by atoms with Crippen LogP contribution in [0.15, 0.2) is 12.1 Å². The minimum atomic E-state index is 0.626. The van der Waals surface area contributed by atoms with Gasteiger partial charge in [-0.2, -0.15) is 0 Å². The Morgan fingerprint density at radius 2 is 1.89 bits per heavy atom. The van der Waals surface area contributed by atoms with Gasteiger partial charge < -0.3 is 10.1 Å². The number of rotatable bonds is 8. The van der Waals surface area contributed by atoms with Crippen molar-refractivity contribution >= 4 is 0 Å². The van der Waals surface area contributed by atoms with Crippen LogP contribution in [0.3, 0.4) is 0 Å². The van der Waals surface area contributed by atoms with Gasteiger partial charge in [0, 0.05) is 6.04 Å². The molecule has 1 aromatic carbocycles. The fraction of sp³-hybridized carbons (Fsp3) is 0.647. The van der Waals surface area contributed by atoms with Crippen LogP contribution in [0, 0.1) is 13.8 Å². The van der Waals surface area contributed by atoms with Crippen LogP contribution in [0.2, 0.25) is 0 Å². The zero-order valence-electron chi connectivity index (χ0n) is 13.2. The van der Waals surface area contributed by atoms with E-state index in [1.165, 1.54) is 36.0 Å². The molecule has 1 N–H and O–H groups in total. The van der Waals surface area contributed by atoms with Gasteiger partial charge in [0.05, 0.1) is 7.11 Å². The maximum absolute atomic E-state index is 5.59. The van der Waals surface area contributed by atoms with Crippen molar-refractivity contribution in [1.29, 1.82) is 0 Å². The third-order valence-corrected chi connectivity index (χ3v) is 3.85. The number of aryl methyl sites for hydroxylation is 2. The van der Waals surface area contributed by atoms with E-state index in [4.69, 9.17) is 4.74 Å². The van der Waals surface area contributed by atoms with Crippen LogP contribution in [0.4, 0.5) is 0 Å². The molecule has 0 radical (unpaired) electrons. The van der Waals surface area contributed by atoms with Gasteiger partial charge >= 0.3 is 0 Å². The molecule has 0 saturated heterocycles. The van der Waals surface area contributed by atoms with Crippen molar-refractivity contribution in [3.8, 4) is 5.75 Å². The quantitative estimate of drug-likeness (QED) is 0.765. The highest BCUT2D eigenvalue weighted by Crippen LogP contribution is 2.27. The summed E-state index contributed by atoms with van der Waals surface area (Å²) in [5.74, 6) is 1.08. The summed E-state index contributed by atoms with van der Waals surface area (Å²) in [7, 11) is 1.78. The third kappa shape index (κ3) is 4.54. The van der Waals surface area contributed by atoms with Gasteiger partial charge in [-0.3, -0.25) is 0 Å². The molecule has 0 aliphatic rings. The number of benzene rings is 1. The van der Waals surface area contributed by atoms with Crippen molar-refractivity contribution in [3.63, 3.8) is 0 Å². The van der Waals surface area contributed by atoms with Crippen molar-refractivity contribution in [2.45, 2.75) is 59.4 Å². The van der Waals surface area contributed by atoms with E-state index < -0.39 is 0 Å². The van der Waals surface area contributed by atoms with Gasteiger partial charge in [0.25, 0.3) is 0 Å². The lowest BCUT2D eigenvalue weighted by molar-refractivity contribution is 0.401. The highest BCUT2D eigenvalue weighted by molar-refractivity contribution is 5.45. The minimum Gasteiger partial charge on any atom is -0.496 e. The summed E-state index contributed by atoms with van der Waals surface area (Å²) in [5, 5.41) is 3.58. The Morgan fingerprint density at radius 1 is 1.16 bits per heavy atom. The molecule has 1 unspecified atom stereocenters. The molecule has 19 heavy (non-hydrogen) atoms. The second kappa shape index (κ2) is 8.21. The monoisotopic (exact) mass is 263 g/mol. The molecule has 108 valence electrons. The predicted molar refractivity (Wildman–Crippen MR) is 83.2 cm³/mol. The van der Waals surface area contributed by atoms with E-state index in [9.17, 15) is 0 Å². The average molecular weight is 263 g/mol. The molecule has 0 amide bonds. The van der Waals surface area contributed by atoms with Crippen LogP contribution >= 0.6 is 0 Å². The molecule has 0 aliphatic heterocycles. The van der Waals surface area contributed by atoms with Gasteiger partial charge in [-0.05, 0) is 56.3 Å². The van der Waals surface area contributed by atoms with Crippen LogP contribution in [-0.4, -0.2) is 19.7 Å². The topological polar surface area (TPSA) is 21.3 Å². The number of nitrogens with one attached hydrogen (secondary N) is 1. The van der Waals surface area contributed by atoms with Crippen LogP contribution in [0.5, 0.6) is 5.75 Å². The molecule has 0 aliphatic carbocycles. The molecule has 0 heterocycles. The molecular formula is C17H29NO. The third-order valence-electron chi connectivity index (χ3n) is 3.85. The predicted octanol–water partition coefficient (Wildman–Crippen LogP) is 4.02. The first-order chi connectivity index (χ1) is 9.13. The summed E-state index contributed by atoms with van der Waals surface area (Å²) in [5.41, 5.74) is 3.91. The smallest absolute Gasteiger partial charge is 0.125 e. The zero-order valence-corrected chi connectivity index (χ0v) is 13.2. The van der Waals surface area contributed by atoms with Gasteiger partial charge in [-0.15, -0.1) is 0 Å². The Balaban J connectivity index is 2.73. The summed E-state index contributed by atoms with van der Waals surface area (Å²) in [6.45, 7) is 9.76. The standard InChI is InChI=1S/C17H29NO/c1-6-8-16(18-7-2)12-11-15-10-9-13(3)14(4)17(15)19-5/h9-10,16,18H,6-8,11-12H2,1-5H3. The van der Waals surface area contributed by atoms with Crippen molar-refractivity contribution < 1.29 is 4.74 Å². The summed E-state index contributed by atoms with van der Waals surface area (Å²) in [4.78, 5) is 0. The van der Waals surface area contributed by atoms with E-state index in [0.29, 0.717) is 6.04 Å². The van der Waals surface area contributed by atoms with Crippen molar-refractivity contribution in [2.75, 3.05) is 13.7 Å². The summed E-state index contributed by atoms with van der Waals surface area (Å²) < 4.78 is 5.59. The Hall–Kier alpha value is -1.02. The minimum absolute atomic E-state index is 0.626. The first-order valence-electron chi connectivity index (χ1n) is 7.50. The fourth-order valence-electron chi connectivity index (χ4n) is 2.64. The molecule has 0 aromatic heterocycles. The SMILES string of the molecule is CCCC(CCc1ccc(C)c(C)c1OC)NCC. The van der Waals surface area contributed by atoms with Crippen LogP contribution in [0.1, 0.15) is 49.8 Å². The lowest BCUT2D eigenvalue weighted by Gasteiger charge is -2.19. The highest BCUT2D eigenvalue weighted by Gasteiger charge is 2.11. The van der Waals surface area contributed by atoms with E-state index in [2.05, 4.69) is 45.1 Å². The van der Waals surface area contributed by atoms with Crippen LogP contribution in [-0.2, 0) is 6.42 Å². The second-order valence-corrected chi connectivity index (χ2v) is 5.28. The summed E-state index contributed by atoms with van der Waals surface area (Å²) in [6.07, 6.45) is 4.76. The lowest BCUT2D eigenvalue weighted by Crippen LogP contribution is -2.29.